The van der Waals surface area contributed by atoms with Crippen LogP contribution in [0.3, 0.4) is 0 Å². The van der Waals surface area contributed by atoms with E-state index in [0.717, 1.165) is 18.5 Å². The third-order valence-electron chi connectivity index (χ3n) is 2.27. The Morgan fingerprint density at radius 1 is 1.64 bits per heavy atom. The van der Waals surface area contributed by atoms with Gasteiger partial charge in [0.1, 0.15) is 6.67 Å². The molecule has 1 heterocycles. The highest BCUT2D eigenvalue weighted by atomic mass is 19.1. The average Bonchev–Trinajstić information content (AvgIpc) is 2.63. The molecule has 80 valence electrons. The summed E-state index contributed by atoms with van der Waals surface area (Å²) in [5, 5.41) is 7.40. The van der Waals surface area contributed by atoms with E-state index in [-0.39, 0.29) is 6.67 Å². The number of aryl methyl sites for hydroxylation is 1. The topological polar surface area (TPSA) is 29.9 Å². The second-order valence-electron chi connectivity index (χ2n) is 3.49. The molecule has 0 radical (unpaired) electrons. The van der Waals surface area contributed by atoms with Gasteiger partial charge in [-0.2, -0.15) is 5.10 Å². The lowest BCUT2D eigenvalue weighted by Gasteiger charge is -2.09. The van der Waals surface area contributed by atoms with E-state index < -0.39 is 0 Å². The molecule has 0 spiro atoms. The summed E-state index contributed by atoms with van der Waals surface area (Å²) in [5.41, 5.74) is 1.11. The maximum Gasteiger partial charge on any atom is 0.109 e. The van der Waals surface area contributed by atoms with Crippen molar-refractivity contribution in [3.05, 3.63) is 18.0 Å². The first-order chi connectivity index (χ1) is 6.76. The lowest BCUT2D eigenvalue weighted by Crippen LogP contribution is -2.24. The molecular weight excluding hydrogens is 181 g/mol. The number of rotatable bonds is 6. The van der Waals surface area contributed by atoms with E-state index in [1.165, 1.54) is 0 Å². The molecule has 1 aromatic rings. The van der Waals surface area contributed by atoms with Gasteiger partial charge in [0, 0.05) is 24.3 Å². The molecule has 1 unspecified atom stereocenters. The van der Waals surface area contributed by atoms with Crippen molar-refractivity contribution in [1.82, 2.24) is 15.1 Å². The van der Waals surface area contributed by atoms with Crippen molar-refractivity contribution in [3.63, 3.8) is 0 Å². The highest BCUT2D eigenvalue weighted by molar-refractivity contribution is 5.03. The fourth-order valence-corrected chi connectivity index (χ4v) is 1.14. The van der Waals surface area contributed by atoms with Gasteiger partial charge in [-0.05, 0) is 13.3 Å². The number of aromatic nitrogens is 2. The van der Waals surface area contributed by atoms with Gasteiger partial charge < -0.3 is 5.32 Å². The summed E-state index contributed by atoms with van der Waals surface area (Å²) in [4.78, 5) is 0. The van der Waals surface area contributed by atoms with Crippen LogP contribution in [0.2, 0.25) is 0 Å². The summed E-state index contributed by atoms with van der Waals surface area (Å²) in [6, 6.07) is 0.513. The Labute approximate surface area is 84.3 Å². The Morgan fingerprint density at radius 2 is 2.43 bits per heavy atom. The van der Waals surface area contributed by atoms with Crippen LogP contribution in [0.1, 0.15) is 25.8 Å². The van der Waals surface area contributed by atoms with Gasteiger partial charge in [-0.15, -0.1) is 0 Å². The first-order valence-electron chi connectivity index (χ1n) is 5.07. The molecule has 0 fully saturated rings. The second-order valence-corrected chi connectivity index (χ2v) is 3.49. The molecule has 14 heavy (non-hydrogen) atoms. The number of alkyl halides is 1. The van der Waals surface area contributed by atoms with E-state index in [1.54, 1.807) is 10.9 Å². The summed E-state index contributed by atoms with van der Waals surface area (Å²) in [6.45, 7) is 5.08. The normalized spacial score (nSPS) is 13.1. The van der Waals surface area contributed by atoms with Crippen LogP contribution >= 0.6 is 0 Å². The SMILES string of the molecule is CCC(C)NCc1cnn(CCF)c1. The Bertz CT molecular complexity index is 260. The van der Waals surface area contributed by atoms with Crippen molar-refractivity contribution in [2.24, 2.45) is 0 Å². The van der Waals surface area contributed by atoms with Gasteiger partial charge in [0.2, 0.25) is 0 Å². The Balaban J connectivity index is 2.35. The van der Waals surface area contributed by atoms with Crippen LogP contribution < -0.4 is 5.32 Å². The Kier molecular flexibility index (Phi) is 4.59. The standard InChI is InChI=1S/C10H18FN3/c1-3-9(2)12-6-10-7-13-14(8-10)5-4-11/h7-9,12H,3-6H2,1-2H3. The van der Waals surface area contributed by atoms with Crippen LogP contribution in [0.25, 0.3) is 0 Å². The highest BCUT2D eigenvalue weighted by Gasteiger charge is 2.00. The van der Waals surface area contributed by atoms with Crippen LogP contribution in [0.15, 0.2) is 12.4 Å². The molecule has 0 aliphatic rings. The predicted octanol–water partition coefficient (Wildman–Crippen LogP) is 1.74. The predicted molar refractivity (Wildman–Crippen MR) is 54.8 cm³/mol. The number of nitrogens with zero attached hydrogens (tertiary/aromatic N) is 2. The quantitative estimate of drug-likeness (QED) is 0.756. The molecule has 1 rings (SSSR count). The smallest absolute Gasteiger partial charge is 0.109 e. The molecule has 0 aliphatic carbocycles. The van der Waals surface area contributed by atoms with Gasteiger partial charge in [-0.1, -0.05) is 6.92 Å². The molecule has 1 N–H and O–H groups in total. The molecule has 0 bridgehead atoms. The molecule has 0 saturated carbocycles. The van der Waals surface area contributed by atoms with Gasteiger partial charge in [-0.3, -0.25) is 4.68 Å². The van der Waals surface area contributed by atoms with Crippen LogP contribution in [0.4, 0.5) is 4.39 Å². The van der Waals surface area contributed by atoms with Crippen LogP contribution in [-0.4, -0.2) is 22.5 Å². The maximum absolute atomic E-state index is 12.0. The van der Waals surface area contributed by atoms with Crippen LogP contribution in [-0.2, 0) is 13.1 Å². The lowest BCUT2D eigenvalue weighted by atomic mass is 10.2. The van der Waals surface area contributed by atoms with Gasteiger partial charge in [0.15, 0.2) is 0 Å². The van der Waals surface area contributed by atoms with Gasteiger partial charge >= 0.3 is 0 Å². The van der Waals surface area contributed by atoms with Crippen molar-refractivity contribution in [1.29, 1.82) is 0 Å². The van der Waals surface area contributed by atoms with E-state index in [2.05, 4.69) is 24.3 Å². The minimum Gasteiger partial charge on any atom is -0.310 e. The van der Waals surface area contributed by atoms with E-state index in [4.69, 9.17) is 0 Å². The first kappa shape index (κ1) is 11.2. The molecule has 4 heteroatoms. The van der Waals surface area contributed by atoms with E-state index in [9.17, 15) is 4.39 Å². The third kappa shape index (κ3) is 3.46. The monoisotopic (exact) mass is 199 g/mol. The molecule has 0 amide bonds. The largest absolute Gasteiger partial charge is 0.310 e. The molecule has 0 saturated heterocycles. The summed E-state index contributed by atoms with van der Waals surface area (Å²) >= 11 is 0. The zero-order valence-corrected chi connectivity index (χ0v) is 8.83. The summed E-state index contributed by atoms with van der Waals surface area (Å²) in [5.74, 6) is 0. The highest BCUT2D eigenvalue weighted by Crippen LogP contribution is 1.99. The number of halogens is 1. The van der Waals surface area contributed by atoms with E-state index in [1.807, 2.05) is 6.20 Å². The van der Waals surface area contributed by atoms with Gasteiger partial charge in [0.05, 0.1) is 12.7 Å². The Morgan fingerprint density at radius 3 is 3.07 bits per heavy atom. The fraction of sp³-hybridized carbons (Fsp3) is 0.700. The Hall–Kier alpha value is -0.900. The third-order valence-corrected chi connectivity index (χ3v) is 2.27. The van der Waals surface area contributed by atoms with Crippen molar-refractivity contribution in [3.8, 4) is 0 Å². The van der Waals surface area contributed by atoms with Gasteiger partial charge in [-0.25, -0.2) is 4.39 Å². The van der Waals surface area contributed by atoms with Crippen molar-refractivity contribution >= 4 is 0 Å². The first-order valence-corrected chi connectivity index (χ1v) is 5.07. The zero-order valence-electron chi connectivity index (χ0n) is 8.83. The second kappa shape index (κ2) is 5.75. The van der Waals surface area contributed by atoms with Crippen LogP contribution in [0, 0.1) is 0 Å². The van der Waals surface area contributed by atoms with Crippen LogP contribution in [0.5, 0.6) is 0 Å². The summed E-state index contributed by atoms with van der Waals surface area (Å²) in [6.07, 6.45) is 4.78. The molecule has 0 aliphatic heterocycles. The molecule has 0 aromatic carbocycles. The van der Waals surface area contributed by atoms with Crippen molar-refractivity contribution in [2.45, 2.75) is 39.4 Å². The molecule has 1 aromatic heterocycles. The van der Waals surface area contributed by atoms with Gasteiger partial charge in [0.25, 0.3) is 0 Å². The molecule has 1 atom stereocenters. The molecule has 3 nitrogen and oxygen atoms in total. The molecular formula is C10H18FN3. The summed E-state index contributed by atoms with van der Waals surface area (Å²) in [7, 11) is 0. The number of hydrogen-bond donors (Lipinski definition) is 1. The van der Waals surface area contributed by atoms with E-state index in [0.29, 0.717) is 12.6 Å². The number of nitrogens with one attached hydrogen (secondary N) is 1. The van der Waals surface area contributed by atoms with Crippen molar-refractivity contribution < 1.29 is 4.39 Å². The minimum absolute atomic E-state index is 0.351. The average molecular weight is 199 g/mol. The van der Waals surface area contributed by atoms with Crippen molar-refractivity contribution in [2.75, 3.05) is 6.67 Å². The summed E-state index contributed by atoms with van der Waals surface area (Å²) < 4.78 is 13.6. The number of hydrogen-bond acceptors (Lipinski definition) is 2. The fourth-order valence-electron chi connectivity index (χ4n) is 1.14. The van der Waals surface area contributed by atoms with E-state index >= 15 is 0 Å². The minimum atomic E-state index is -0.361. The zero-order chi connectivity index (χ0) is 10.4. The lowest BCUT2D eigenvalue weighted by molar-refractivity contribution is 0.427. The maximum atomic E-state index is 12.0.